The van der Waals surface area contributed by atoms with Gasteiger partial charge >= 0.3 is 6.03 Å². The van der Waals surface area contributed by atoms with Crippen LogP contribution in [-0.4, -0.2) is 35.3 Å². The van der Waals surface area contributed by atoms with E-state index in [1.165, 1.54) is 0 Å². The molecule has 1 aromatic carbocycles. The Labute approximate surface area is 140 Å². The van der Waals surface area contributed by atoms with Gasteiger partial charge < -0.3 is 15.7 Å². The molecule has 0 aliphatic carbocycles. The third-order valence-electron chi connectivity index (χ3n) is 3.54. The number of aliphatic hydroxyl groups excluding tert-OH is 1. The van der Waals surface area contributed by atoms with Crippen molar-refractivity contribution in [3.05, 3.63) is 41.4 Å². The van der Waals surface area contributed by atoms with Crippen molar-refractivity contribution in [2.75, 3.05) is 13.2 Å². The van der Waals surface area contributed by atoms with E-state index in [9.17, 15) is 4.79 Å². The standard InChI is InChI=1S/C17H23N3O2S/c1-2-14(9-11-21)20-17(22)18-10-8-15-12-23-16(19-15)13-6-4-3-5-7-13/h3-7,12,14,21H,2,8-11H2,1H3,(H2,18,20,22). The lowest BCUT2D eigenvalue weighted by atomic mass is 10.2. The average Bonchev–Trinajstić information content (AvgIpc) is 3.04. The molecule has 2 aromatic rings. The maximum atomic E-state index is 11.8. The fourth-order valence-electron chi connectivity index (χ4n) is 2.21. The van der Waals surface area contributed by atoms with E-state index >= 15 is 0 Å². The summed E-state index contributed by atoms with van der Waals surface area (Å²) >= 11 is 1.62. The van der Waals surface area contributed by atoms with Gasteiger partial charge in [0.25, 0.3) is 0 Å². The van der Waals surface area contributed by atoms with Crippen molar-refractivity contribution in [2.24, 2.45) is 0 Å². The highest BCUT2D eigenvalue weighted by Gasteiger charge is 2.09. The van der Waals surface area contributed by atoms with E-state index in [0.717, 1.165) is 22.7 Å². The monoisotopic (exact) mass is 333 g/mol. The predicted octanol–water partition coefficient (Wildman–Crippen LogP) is 2.81. The molecule has 0 radical (unpaired) electrons. The number of nitrogens with zero attached hydrogens (tertiary/aromatic N) is 1. The number of carbonyl (C=O) groups is 1. The van der Waals surface area contributed by atoms with Crippen molar-refractivity contribution < 1.29 is 9.90 Å². The van der Waals surface area contributed by atoms with Gasteiger partial charge in [0, 0.05) is 36.6 Å². The molecule has 2 rings (SSSR count). The van der Waals surface area contributed by atoms with Crippen molar-refractivity contribution in [2.45, 2.75) is 32.2 Å². The Morgan fingerprint density at radius 3 is 2.83 bits per heavy atom. The molecule has 1 atom stereocenters. The molecular formula is C17H23N3O2S. The first-order valence-corrected chi connectivity index (χ1v) is 8.76. The van der Waals surface area contributed by atoms with Crippen molar-refractivity contribution in [3.63, 3.8) is 0 Å². The van der Waals surface area contributed by atoms with E-state index in [2.05, 4.69) is 15.6 Å². The number of hydrogen-bond acceptors (Lipinski definition) is 4. The van der Waals surface area contributed by atoms with Crippen molar-refractivity contribution >= 4 is 17.4 Å². The minimum Gasteiger partial charge on any atom is -0.396 e. The van der Waals surface area contributed by atoms with Crippen molar-refractivity contribution in [1.29, 1.82) is 0 Å². The molecule has 0 aliphatic rings. The molecule has 0 aliphatic heterocycles. The molecule has 0 fully saturated rings. The van der Waals surface area contributed by atoms with Crippen LogP contribution in [0.3, 0.4) is 0 Å². The van der Waals surface area contributed by atoms with Crippen LogP contribution in [-0.2, 0) is 6.42 Å². The summed E-state index contributed by atoms with van der Waals surface area (Å²) in [5, 5.41) is 17.6. The summed E-state index contributed by atoms with van der Waals surface area (Å²) < 4.78 is 0. The Morgan fingerprint density at radius 1 is 1.35 bits per heavy atom. The van der Waals surface area contributed by atoms with Gasteiger partial charge in [-0.3, -0.25) is 0 Å². The zero-order chi connectivity index (χ0) is 16.5. The zero-order valence-corrected chi connectivity index (χ0v) is 14.1. The number of nitrogens with one attached hydrogen (secondary N) is 2. The molecule has 2 amide bonds. The molecular weight excluding hydrogens is 310 g/mol. The number of benzene rings is 1. The first kappa shape index (κ1) is 17.4. The van der Waals surface area contributed by atoms with Gasteiger partial charge in [0.15, 0.2) is 0 Å². The topological polar surface area (TPSA) is 74.2 Å². The molecule has 0 saturated carbocycles. The first-order valence-electron chi connectivity index (χ1n) is 7.88. The summed E-state index contributed by atoms with van der Waals surface area (Å²) in [5.41, 5.74) is 2.10. The van der Waals surface area contributed by atoms with Crippen LogP contribution in [0.5, 0.6) is 0 Å². The largest absolute Gasteiger partial charge is 0.396 e. The first-order chi connectivity index (χ1) is 11.2. The van der Waals surface area contributed by atoms with E-state index < -0.39 is 0 Å². The molecule has 5 nitrogen and oxygen atoms in total. The van der Waals surface area contributed by atoms with Crippen molar-refractivity contribution in [3.8, 4) is 10.6 Å². The summed E-state index contributed by atoms with van der Waals surface area (Å²) in [5.74, 6) is 0. The van der Waals surface area contributed by atoms with Gasteiger partial charge in [0.2, 0.25) is 0 Å². The highest BCUT2D eigenvalue weighted by Crippen LogP contribution is 2.23. The number of thiazole rings is 1. The van der Waals surface area contributed by atoms with Gasteiger partial charge in [-0.25, -0.2) is 9.78 Å². The van der Waals surface area contributed by atoms with Crippen LogP contribution in [0.2, 0.25) is 0 Å². The smallest absolute Gasteiger partial charge is 0.315 e. The maximum absolute atomic E-state index is 11.8. The third-order valence-corrected chi connectivity index (χ3v) is 4.48. The number of aromatic nitrogens is 1. The molecule has 0 bridgehead atoms. The van der Waals surface area contributed by atoms with E-state index in [1.807, 2.05) is 42.6 Å². The highest BCUT2D eigenvalue weighted by molar-refractivity contribution is 7.13. The summed E-state index contributed by atoms with van der Waals surface area (Å²) in [6.07, 6.45) is 2.09. The highest BCUT2D eigenvalue weighted by atomic mass is 32.1. The summed E-state index contributed by atoms with van der Waals surface area (Å²) in [7, 11) is 0. The normalized spacial score (nSPS) is 11.9. The van der Waals surface area contributed by atoms with Gasteiger partial charge in [-0.1, -0.05) is 37.3 Å². The molecule has 3 N–H and O–H groups in total. The van der Waals surface area contributed by atoms with Crippen molar-refractivity contribution in [1.82, 2.24) is 15.6 Å². The van der Waals surface area contributed by atoms with Gasteiger partial charge in [-0.2, -0.15) is 0 Å². The van der Waals surface area contributed by atoms with E-state index in [0.29, 0.717) is 19.4 Å². The van der Waals surface area contributed by atoms with Gasteiger partial charge in [-0.15, -0.1) is 11.3 Å². The van der Waals surface area contributed by atoms with E-state index in [-0.39, 0.29) is 18.7 Å². The van der Waals surface area contributed by atoms with Crippen LogP contribution in [0.1, 0.15) is 25.5 Å². The molecule has 6 heteroatoms. The number of carbonyl (C=O) groups excluding carboxylic acids is 1. The van der Waals surface area contributed by atoms with Gasteiger partial charge in [0.1, 0.15) is 5.01 Å². The third kappa shape index (κ3) is 5.65. The van der Waals surface area contributed by atoms with Crippen LogP contribution in [0.25, 0.3) is 10.6 Å². The lowest BCUT2D eigenvalue weighted by Gasteiger charge is -2.16. The second-order valence-corrected chi connectivity index (χ2v) is 6.14. The SMILES string of the molecule is CCC(CCO)NC(=O)NCCc1csc(-c2ccccc2)n1. The minimum atomic E-state index is -0.191. The Balaban J connectivity index is 1.76. The van der Waals surface area contributed by atoms with Gasteiger partial charge in [-0.05, 0) is 12.8 Å². The average molecular weight is 333 g/mol. The summed E-state index contributed by atoms with van der Waals surface area (Å²) in [4.78, 5) is 16.4. The molecule has 1 heterocycles. The second-order valence-electron chi connectivity index (χ2n) is 5.28. The molecule has 1 unspecified atom stereocenters. The number of aliphatic hydroxyl groups is 1. The molecule has 1 aromatic heterocycles. The number of urea groups is 1. The zero-order valence-electron chi connectivity index (χ0n) is 13.3. The Hall–Kier alpha value is -1.92. The fourth-order valence-corrected chi connectivity index (χ4v) is 3.07. The predicted molar refractivity (Wildman–Crippen MR) is 93.6 cm³/mol. The fraction of sp³-hybridized carbons (Fsp3) is 0.412. The molecule has 0 saturated heterocycles. The van der Waals surface area contributed by atoms with Crippen LogP contribution in [0.15, 0.2) is 35.7 Å². The number of amides is 2. The van der Waals surface area contributed by atoms with Crippen LogP contribution in [0, 0.1) is 0 Å². The molecule has 0 spiro atoms. The lowest BCUT2D eigenvalue weighted by Crippen LogP contribution is -2.42. The summed E-state index contributed by atoms with van der Waals surface area (Å²) in [6.45, 7) is 2.61. The van der Waals surface area contributed by atoms with E-state index in [1.54, 1.807) is 11.3 Å². The van der Waals surface area contributed by atoms with Crippen LogP contribution < -0.4 is 10.6 Å². The number of rotatable bonds is 8. The van der Waals surface area contributed by atoms with E-state index in [4.69, 9.17) is 5.11 Å². The quantitative estimate of drug-likeness (QED) is 0.695. The van der Waals surface area contributed by atoms with Crippen LogP contribution in [0.4, 0.5) is 4.79 Å². The Morgan fingerprint density at radius 2 is 2.13 bits per heavy atom. The molecule has 124 valence electrons. The maximum Gasteiger partial charge on any atom is 0.315 e. The molecule has 23 heavy (non-hydrogen) atoms. The second kappa shape index (κ2) is 9.27. The lowest BCUT2D eigenvalue weighted by molar-refractivity contribution is 0.228. The summed E-state index contributed by atoms with van der Waals surface area (Å²) in [6, 6.07) is 9.90. The minimum absolute atomic E-state index is 0.0176. The Kier molecular flexibility index (Phi) is 7.03. The number of hydrogen-bond donors (Lipinski definition) is 3. The Bertz CT molecular complexity index is 601. The van der Waals surface area contributed by atoms with Crippen LogP contribution >= 0.6 is 11.3 Å². The van der Waals surface area contributed by atoms with Gasteiger partial charge in [0.05, 0.1) is 5.69 Å².